The largest absolute Gasteiger partial charge is 0.330 e. The van der Waals surface area contributed by atoms with Crippen molar-refractivity contribution in [1.82, 2.24) is 14.5 Å². The number of nitrogens with one attached hydrogen (secondary N) is 1. The Kier molecular flexibility index (Phi) is 3.68. The van der Waals surface area contributed by atoms with Crippen LogP contribution in [-0.4, -0.2) is 14.5 Å². The molecule has 0 fully saturated rings. The predicted molar refractivity (Wildman–Crippen MR) is 71.6 cm³/mol. The topological polar surface area (TPSA) is 67.8 Å². The molecule has 2 aromatic rings. The van der Waals surface area contributed by atoms with Gasteiger partial charge in [0.05, 0.1) is 11.6 Å². The zero-order valence-corrected chi connectivity index (χ0v) is 11.5. The van der Waals surface area contributed by atoms with Crippen LogP contribution in [0.25, 0.3) is 0 Å². The van der Waals surface area contributed by atoms with E-state index >= 15 is 0 Å². The number of halogens is 1. The lowest BCUT2D eigenvalue weighted by atomic mass is 10.2. The molecule has 0 amide bonds. The Labute approximate surface area is 112 Å². The highest BCUT2D eigenvalue weighted by Gasteiger charge is 2.18. The smallest absolute Gasteiger partial charge is 0.297 e. The zero-order chi connectivity index (χ0) is 13.3. The molecule has 0 saturated carbocycles. The predicted octanol–water partition coefficient (Wildman–Crippen LogP) is 1.82. The minimum atomic E-state index is -0.509. The highest BCUT2D eigenvalue weighted by molar-refractivity contribution is 7.09. The van der Waals surface area contributed by atoms with Gasteiger partial charge in [-0.15, -0.1) is 11.3 Å². The van der Waals surface area contributed by atoms with Gasteiger partial charge in [-0.25, -0.2) is 9.78 Å². The first-order valence-corrected chi connectivity index (χ1v) is 6.74. The third kappa shape index (κ3) is 2.13. The molecule has 2 rings (SSSR count). The number of H-pyrrole nitrogens is 1. The van der Waals surface area contributed by atoms with E-state index in [-0.39, 0.29) is 10.7 Å². The van der Waals surface area contributed by atoms with E-state index in [4.69, 9.17) is 11.6 Å². The summed E-state index contributed by atoms with van der Waals surface area (Å²) in [6.45, 7) is 3.59. The molecule has 1 N–H and O–H groups in total. The lowest BCUT2D eigenvalue weighted by molar-refractivity contribution is 0.569. The molecule has 0 aliphatic rings. The van der Waals surface area contributed by atoms with Gasteiger partial charge in [-0.2, -0.15) is 0 Å². The maximum absolute atomic E-state index is 12.2. The van der Waals surface area contributed by atoms with Crippen LogP contribution in [0.5, 0.6) is 0 Å². The number of aromatic amines is 1. The van der Waals surface area contributed by atoms with Gasteiger partial charge in [-0.3, -0.25) is 14.3 Å². The van der Waals surface area contributed by atoms with Crippen molar-refractivity contribution in [2.45, 2.75) is 26.3 Å². The Hall–Kier alpha value is -1.40. The lowest BCUT2D eigenvalue weighted by Gasteiger charge is -2.13. The fourth-order valence-corrected chi connectivity index (χ4v) is 2.75. The van der Waals surface area contributed by atoms with Crippen molar-refractivity contribution in [3.05, 3.63) is 48.1 Å². The molecule has 2 aromatic heterocycles. The highest BCUT2D eigenvalue weighted by atomic mass is 35.5. The summed E-state index contributed by atoms with van der Waals surface area (Å²) in [5.74, 6) is 0. The summed E-state index contributed by atoms with van der Waals surface area (Å²) in [6, 6.07) is -0.399. The molecule has 96 valence electrons. The van der Waals surface area contributed by atoms with Crippen LogP contribution in [0, 0.1) is 0 Å². The minimum Gasteiger partial charge on any atom is -0.297 e. The Morgan fingerprint density at radius 3 is 2.83 bits per heavy atom. The highest BCUT2D eigenvalue weighted by Crippen LogP contribution is 2.17. The molecule has 0 aromatic carbocycles. The van der Waals surface area contributed by atoms with Gasteiger partial charge >= 0.3 is 5.69 Å². The summed E-state index contributed by atoms with van der Waals surface area (Å²) in [7, 11) is 0. The molecule has 2 heterocycles. The zero-order valence-electron chi connectivity index (χ0n) is 9.94. The Morgan fingerprint density at radius 2 is 2.28 bits per heavy atom. The van der Waals surface area contributed by atoms with Crippen molar-refractivity contribution < 1.29 is 0 Å². The third-order valence-electron chi connectivity index (χ3n) is 2.73. The van der Waals surface area contributed by atoms with Crippen molar-refractivity contribution in [1.29, 1.82) is 0 Å². The van der Waals surface area contributed by atoms with E-state index in [0.29, 0.717) is 17.0 Å². The van der Waals surface area contributed by atoms with Crippen LogP contribution in [0.1, 0.15) is 30.5 Å². The fraction of sp³-hybridized carbons (Fsp3) is 0.364. The van der Waals surface area contributed by atoms with Crippen molar-refractivity contribution in [2.75, 3.05) is 0 Å². The number of hydrogen-bond donors (Lipinski definition) is 1. The summed E-state index contributed by atoms with van der Waals surface area (Å²) in [4.78, 5) is 30.7. The molecule has 0 aliphatic carbocycles. The molecular weight excluding hydrogens is 274 g/mol. The molecule has 5 nitrogen and oxygen atoms in total. The quantitative estimate of drug-likeness (QED) is 0.875. The monoisotopic (exact) mass is 285 g/mol. The molecule has 7 heteroatoms. The second-order valence-electron chi connectivity index (χ2n) is 3.80. The van der Waals surface area contributed by atoms with E-state index in [1.807, 2.05) is 12.3 Å². The van der Waals surface area contributed by atoms with Gasteiger partial charge in [0.15, 0.2) is 0 Å². The summed E-state index contributed by atoms with van der Waals surface area (Å²) in [6.07, 6.45) is 2.12. The Morgan fingerprint density at radius 1 is 1.56 bits per heavy atom. The van der Waals surface area contributed by atoms with Gasteiger partial charge in [0, 0.05) is 11.6 Å². The number of rotatable bonds is 3. The van der Waals surface area contributed by atoms with E-state index < -0.39 is 11.7 Å². The number of thiazole rings is 1. The first kappa shape index (κ1) is 13.0. The van der Waals surface area contributed by atoms with Gasteiger partial charge in [-0.1, -0.05) is 18.5 Å². The molecule has 1 unspecified atom stereocenters. The first-order chi connectivity index (χ1) is 8.56. The number of aromatic nitrogens is 3. The molecule has 1 atom stereocenters. The summed E-state index contributed by atoms with van der Waals surface area (Å²) < 4.78 is 1.16. The lowest BCUT2D eigenvalue weighted by Crippen LogP contribution is -2.39. The summed E-state index contributed by atoms with van der Waals surface area (Å²) in [5, 5.41) is 2.64. The average Bonchev–Trinajstić information content (AvgIpc) is 2.81. The number of hydrogen-bond acceptors (Lipinski definition) is 4. The molecule has 18 heavy (non-hydrogen) atoms. The van der Waals surface area contributed by atoms with Crippen LogP contribution in [-0.2, 0) is 6.42 Å². The molecule has 0 saturated heterocycles. The SMILES string of the molecule is CCc1c(Cl)[nH]c(=O)n(C(C)c2nccs2)c1=O. The normalized spacial score (nSPS) is 12.6. The minimum absolute atomic E-state index is 0.120. The molecule has 0 bridgehead atoms. The van der Waals surface area contributed by atoms with E-state index in [2.05, 4.69) is 9.97 Å². The summed E-state index contributed by atoms with van der Waals surface area (Å²) in [5.41, 5.74) is -0.446. The Bertz CT molecular complexity index is 660. The van der Waals surface area contributed by atoms with Crippen LogP contribution in [0.15, 0.2) is 21.2 Å². The van der Waals surface area contributed by atoms with E-state index in [1.54, 1.807) is 13.1 Å². The summed E-state index contributed by atoms with van der Waals surface area (Å²) >= 11 is 7.26. The molecule has 0 spiro atoms. The first-order valence-electron chi connectivity index (χ1n) is 5.48. The third-order valence-corrected chi connectivity index (χ3v) is 4.00. The van der Waals surface area contributed by atoms with E-state index in [0.717, 1.165) is 4.57 Å². The van der Waals surface area contributed by atoms with E-state index in [1.165, 1.54) is 11.3 Å². The fourth-order valence-electron chi connectivity index (χ4n) is 1.77. The Balaban J connectivity index is 2.65. The van der Waals surface area contributed by atoms with E-state index in [9.17, 15) is 9.59 Å². The second kappa shape index (κ2) is 5.07. The van der Waals surface area contributed by atoms with Crippen LogP contribution in [0.4, 0.5) is 0 Å². The molecule has 0 radical (unpaired) electrons. The van der Waals surface area contributed by atoms with Gasteiger partial charge in [0.1, 0.15) is 10.2 Å². The van der Waals surface area contributed by atoms with Crippen LogP contribution in [0.2, 0.25) is 5.15 Å². The molecule has 0 aliphatic heterocycles. The van der Waals surface area contributed by atoms with Gasteiger partial charge in [-0.05, 0) is 13.3 Å². The second-order valence-corrected chi connectivity index (χ2v) is 5.10. The van der Waals surface area contributed by atoms with Crippen LogP contribution >= 0.6 is 22.9 Å². The van der Waals surface area contributed by atoms with Gasteiger partial charge in [0.25, 0.3) is 5.56 Å². The van der Waals surface area contributed by atoms with Crippen LogP contribution in [0.3, 0.4) is 0 Å². The maximum Gasteiger partial charge on any atom is 0.330 e. The van der Waals surface area contributed by atoms with Gasteiger partial charge < -0.3 is 0 Å². The standard InChI is InChI=1S/C11H12ClN3O2S/c1-3-7-8(12)14-11(17)15(10(7)16)6(2)9-13-4-5-18-9/h4-6H,3H2,1-2H3,(H,14,17). The van der Waals surface area contributed by atoms with Crippen molar-refractivity contribution in [3.8, 4) is 0 Å². The van der Waals surface area contributed by atoms with Gasteiger partial charge in [0.2, 0.25) is 0 Å². The number of nitrogens with zero attached hydrogens (tertiary/aromatic N) is 2. The maximum atomic E-state index is 12.2. The molecular formula is C11H12ClN3O2S. The van der Waals surface area contributed by atoms with Crippen molar-refractivity contribution in [2.24, 2.45) is 0 Å². The van der Waals surface area contributed by atoms with Crippen LogP contribution < -0.4 is 11.2 Å². The van der Waals surface area contributed by atoms with Crippen molar-refractivity contribution in [3.63, 3.8) is 0 Å². The average molecular weight is 286 g/mol. The van der Waals surface area contributed by atoms with Crippen molar-refractivity contribution >= 4 is 22.9 Å².